The molecule has 2 aliphatic heterocycles. The molecule has 10 heteroatoms. The summed E-state index contributed by atoms with van der Waals surface area (Å²) < 4.78 is 32.5. The average Bonchev–Trinajstić information content (AvgIpc) is 3.28. The molecule has 36 heavy (non-hydrogen) atoms. The zero-order chi connectivity index (χ0) is 25.9. The Morgan fingerprint density at radius 3 is 2.39 bits per heavy atom. The van der Waals surface area contributed by atoms with Crippen LogP contribution < -0.4 is 10.2 Å². The van der Waals surface area contributed by atoms with Crippen LogP contribution >= 0.6 is 0 Å². The lowest BCUT2D eigenvalue weighted by Gasteiger charge is -2.28. The summed E-state index contributed by atoms with van der Waals surface area (Å²) in [4.78, 5) is 27.5. The topological polar surface area (TPSA) is 116 Å². The summed E-state index contributed by atoms with van der Waals surface area (Å²) in [6.45, 7) is 4.95. The second-order valence-corrected chi connectivity index (χ2v) is 11.4. The molecule has 2 aromatic carbocycles. The Kier molecular flexibility index (Phi) is 7.97. The van der Waals surface area contributed by atoms with Gasteiger partial charge in [0.25, 0.3) is 5.91 Å². The van der Waals surface area contributed by atoms with Gasteiger partial charge in [-0.05, 0) is 80.6 Å². The molecule has 0 unspecified atom stereocenters. The maximum absolute atomic E-state index is 13.2. The Balaban J connectivity index is 1.35. The fourth-order valence-corrected chi connectivity index (χ4v) is 6.32. The molecule has 0 aliphatic carbocycles. The van der Waals surface area contributed by atoms with Crippen molar-refractivity contribution in [2.75, 3.05) is 36.5 Å². The normalized spacial score (nSPS) is 20.8. The number of aliphatic hydroxyl groups excluding tert-OH is 1. The number of sulfonamides is 1. The van der Waals surface area contributed by atoms with Crippen LogP contribution in [0.25, 0.3) is 0 Å². The van der Waals surface area contributed by atoms with Gasteiger partial charge in [-0.15, -0.1) is 0 Å². The molecule has 2 N–H and O–H groups in total. The first-order valence-electron chi connectivity index (χ1n) is 12.2. The zero-order valence-electron chi connectivity index (χ0n) is 20.6. The van der Waals surface area contributed by atoms with Crippen molar-refractivity contribution in [2.24, 2.45) is 0 Å². The lowest BCUT2D eigenvalue weighted by molar-refractivity contribution is -0.150. The third-order valence-corrected chi connectivity index (χ3v) is 8.68. The number of carbonyl (C=O) groups is 2. The van der Waals surface area contributed by atoms with Crippen LogP contribution in [0.2, 0.25) is 0 Å². The first-order valence-corrected chi connectivity index (χ1v) is 13.7. The van der Waals surface area contributed by atoms with Gasteiger partial charge in [-0.3, -0.25) is 9.59 Å². The van der Waals surface area contributed by atoms with Crippen LogP contribution in [0, 0.1) is 13.8 Å². The van der Waals surface area contributed by atoms with E-state index in [0.29, 0.717) is 5.69 Å². The van der Waals surface area contributed by atoms with Crippen LogP contribution in [0.5, 0.6) is 0 Å². The van der Waals surface area contributed by atoms with Crippen molar-refractivity contribution >= 4 is 33.3 Å². The quantitative estimate of drug-likeness (QED) is 0.545. The van der Waals surface area contributed by atoms with E-state index in [1.54, 1.807) is 31.2 Å². The Labute approximate surface area is 212 Å². The van der Waals surface area contributed by atoms with Gasteiger partial charge in [-0.2, -0.15) is 4.31 Å². The highest BCUT2D eigenvalue weighted by Crippen LogP contribution is 2.28. The summed E-state index contributed by atoms with van der Waals surface area (Å²) in [6.07, 6.45) is 2.49. The Morgan fingerprint density at radius 2 is 1.72 bits per heavy atom. The van der Waals surface area contributed by atoms with Gasteiger partial charge in [0.2, 0.25) is 10.0 Å². The maximum Gasteiger partial charge on any atom is 0.325 e. The molecule has 1 amide bonds. The largest absolute Gasteiger partial charge is 0.454 e. The standard InChI is InChI=1S/C26H33N3O6S/c1-18-6-11-23(14-19(18)2)36(33,34)29-16-22(30)15-24(29)26(32)35-17-25(31)27-20-7-9-21(10-8-20)28-12-4-3-5-13-28/h6-11,14,22,24,30H,3-5,12-13,15-17H2,1-2H3,(H,27,31)/t22-,24-/m1/s1. The highest BCUT2D eigenvalue weighted by molar-refractivity contribution is 7.89. The second-order valence-electron chi connectivity index (χ2n) is 9.48. The SMILES string of the molecule is Cc1ccc(S(=O)(=O)N2C[C@H](O)C[C@@H]2C(=O)OCC(=O)Nc2ccc(N3CCCCC3)cc2)cc1C. The Bertz CT molecular complexity index is 1210. The van der Waals surface area contributed by atoms with Crippen LogP contribution in [0.4, 0.5) is 11.4 Å². The number of carbonyl (C=O) groups excluding carboxylic acids is 2. The Morgan fingerprint density at radius 1 is 1.03 bits per heavy atom. The fourth-order valence-electron chi connectivity index (χ4n) is 4.61. The first-order chi connectivity index (χ1) is 17.1. The predicted octanol–water partition coefficient (Wildman–Crippen LogP) is 2.60. The number of rotatable bonds is 7. The van der Waals surface area contributed by atoms with Crippen molar-refractivity contribution in [3.63, 3.8) is 0 Å². The van der Waals surface area contributed by atoms with Gasteiger partial charge in [0, 0.05) is 37.4 Å². The number of aliphatic hydroxyl groups is 1. The minimum Gasteiger partial charge on any atom is -0.454 e. The van der Waals surface area contributed by atoms with Gasteiger partial charge in [0.1, 0.15) is 6.04 Å². The maximum atomic E-state index is 13.2. The molecule has 2 atom stereocenters. The summed E-state index contributed by atoms with van der Waals surface area (Å²) in [5.41, 5.74) is 3.42. The van der Waals surface area contributed by atoms with Crippen molar-refractivity contribution in [2.45, 2.75) is 56.6 Å². The van der Waals surface area contributed by atoms with Crippen LogP contribution in [0.1, 0.15) is 36.8 Å². The molecule has 0 saturated carbocycles. The van der Waals surface area contributed by atoms with E-state index in [9.17, 15) is 23.1 Å². The number of aryl methyl sites for hydroxylation is 2. The number of ether oxygens (including phenoxy) is 1. The third kappa shape index (κ3) is 5.88. The molecule has 0 aromatic heterocycles. The number of piperidine rings is 1. The third-order valence-electron chi connectivity index (χ3n) is 6.81. The van der Waals surface area contributed by atoms with Gasteiger partial charge in [-0.1, -0.05) is 6.07 Å². The molecule has 4 rings (SSSR count). The van der Waals surface area contributed by atoms with Crippen molar-refractivity contribution < 1.29 is 27.9 Å². The molecule has 0 radical (unpaired) electrons. The summed E-state index contributed by atoms with van der Waals surface area (Å²) in [5, 5.41) is 12.8. The molecular formula is C26H33N3O6S. The minimum atomic E-state index is -4.04. The van der Waals surface area contributed by atoms with Crippen LogP contribution in [-0.2, 0) is 24.3 Å². The van der Waals surface area contributed by atoms with Gasteiger partial charge in [0.15, 0.2) is 6.61 Å². The molecule has 2 aromatic rings. The number of benzene rings is 2. The van der Waals surface area contributed by atoms with Gasteiger partial charge < -0.3 is 20.1 Å². The summed E-state index contributed by atoms with van der Waals surface area (Å²) in [5.74, 6) is -1.40. The lowest BCUT2D eigenvalue weighted by Crippen LogP contribution is -2.42. The van der Waals surface area contributed by atoms with Crippen molar-refractivity contribution in [1.29, 1.82) is 0 Å². The molecule has 194 valence electrons. The molecule has 2 heterocycles. The fraction of sp³-hybridized carbons (Fsp3) is 0.462. The predicted molar refractivity (Wildman–Crippen MR) is 136 cm³/mol. The van der Waals surface area contributed by atoms with E-state index in [1.807, 2.05) is 19.1 Å². The summed E-state index contributed by atoms with van der Waals surface area (Å²) in [6, 6.07) is 11.0. The van der Waals surface area contributed by atoms with Crippen LogP contribution in [0.3, 0.4) is 0 Å². The Hall–Kier alpha value is -2.95. The number of hydrogen-bond acceptors (Lipinski definition) is 7. The van der Waals surface area contributed by atoms with Crippen molar-refractivity contribution in [3.8, 4) is 0 Å². The van der Waals surface area contributed by atoms with Gasteiger partial charge >= 0.3 is 5.97 Å². The molecular weight excluding hydrogens is 482 g/mol. The highest BCUT2D eigenvalue weighted by atomic mass is 32.2. The monoisotopic (exact) mass is 515 g/mol. The van der Waals surface area contributed by atoms with E-state index in [0.717, 1.165) is 34.2 Å². The first kappa shape index (κ1) is 26.1. The van der Waals surface area contributed by atoms with Crippen molar-refractivity contribution in [1.82, 2.24) is 4.31 Å². The van der Waals surface area contributed by atoms with Gasteiger partial charge in [0.05, 0.1) is 11.0 Å². The molecule has 0 bridgehead atoms. The lowest BCUT2D eigenvalue weighted by atomic mass is 10.1. The van der Waals surface area contributed by atoms with E-state index in [2.05, 4.69) is 10.2 Å². The van der Waals surface area contributed by atoms with E-state index < -0.39 is 40.7 Å². The minimum absolute atomic E-state index is 0.0447. The van der Waals surface area contributed by atoms with Crippen LogP contribution in [0.15, 0.2) is 47.4 Å². The molecule has 2 saturated heterocycles. The molecule has 9 nitrogen and oxygen atoms in total. The average molecular weight is 516 g/mol. The number of hydrogen-bond donors (Lipinski definition) is 2. The molecule has 0 spiro atoms. The van der Waals surface area contributed by atoms with E-state index >= 15 is 0 Å². The smallest absolute Gasteiger partial charge is 0.325 e. The number of β-amino-alcohol motifs (C(OH)–C–C–N with tert-alkyl or cyclic N) is 1. The molecule has 2 aliphatic rings. The van der Waals surface area contributed by atoms with E-state index in [-0.39, 0.29) is 17.9 Å². The molecule has 2 fully saturated rings. The number of anilines is 2. The van der Waals surface area contributed by atoms with Crippen LogP contribution in [-0.4, -0.2) is 68.1 Å². The summed E-state index contributed by atoms with van der Waals surface area (Å²) in [7, 11) is -4.04. The second kappa shape index (κ2) is 11.0. The van der Waals surface area contributed by atoms with Gasteiger partial charge in [-0.25, -0.2) is 8.42 Å². The number of nitrogens with zero attached hydrogens (tertiary/aromatic N) is 2. The summed E-state index contributed by atoms with van der Waals surface area (Å²) >= 11 is 0. The van der Waals surface area contributed by atoms with E-state index in [4.69, 9.17) is 4.74 Å². The highest BCUT2D eigenvalue weighted by Gasteiger charge is 2.44. The number of amides is 1. The van der Waals surface area contributed by atoms with E-state index in [1.165, 1.54) is 25.3 Å². The van der Waals surface area contributed by atoms with Crippen molar-refractivity contribution in [3.05, 3.63) is 53.6 Å². The zero-order valence-corrected chi connectivity index (χ0v) is 21.5. The number of esters is 1. The number of nitrogens with one attached hydrogen (secondary N) is 1.